The maximum atomic E-state index is 13.4. The van der Waals surface area contributed by atoms with Crippen LogP contribution >= 0.6 is 0 Å². The van der Waals surface area contributed by atoms with Crippen molar-refractivity contribution < 1.29 is 4.39 Å². The molecule has 0 atom stereocenters. The van der Waals surface area contributed by atoms with Crippen LogP contribution in [0.4, 0.5) is 16.0 Å². The van der Waals surface area contributed by atoms with Crippen LogP contribution in [-0.2, 0) is 6.54 Å². The number of nitrogens with zero attached hydrogens (tertiary/aromatic N) is 4. The van der Waals surface area contributed by atoms with E-state index in [4.69, 9.17) is 5.26 Å². The Bertz CT molecular complexity index is 608. The van der Waals surface area contributed by atoms with Crippen LogP contribution in [0.2, 0.25) is 0 Å². The number of aromatic nitrogens is 2. The Labute approximate surface area is 110 Å². The molecule has 0 amide bonds. The molecule has 0 aliphatic carbocycles. The molecular weight excluding hydrogens is 245 g/mol. The topological polar surface area (TPSA) is 64.8 Å². The van der Waals surface area contributed by atoms with E-state index >= 15 is 0 Å². The van der Waals surface area contributed by atoms with E-state index in [0.717, 1.165) is 0 Å². The lowest BCUT2D eigenvalue weighted by molar-refractivity contribution is 0.613. The fourth-order valence-electron chi connectivity index (χ4n) is 1.51. The molecule has 0 radical (unpaired) electrons. The maximum Gasteiger partial charge on any atom is 0.185 e. The lowest BCUT2D eigenvalue weighted by Crippen LogP contribution is -2.11. The second-order valence-electron chi connectivity index (χ2n) is 3.87. The van der Waals surface area contributed by atoms with E-state index in [1.54, 1.807) is 31.3 Å². The molecule has 6 heteroatoms. The molecule has 0 fully saturated rings. The first-order valence-corrected chi connectivity index (χ1v) is 5.63. The van der Waals surface area contributed by atoms with Gasteiger partial charge in [0.25, 0.3) is 0 Å². The molecule has 5 nitrogen and oxygen atoms in total. The third-order valence-corrected chi connectivity index (χ3v) is 2.56. The van der Waals surface area contributed by atoms with Gasteiger partial charge in [-0.25, -0.2) is 14.4 Å². The zero-order chi connectivity index (χ0) is 13.7. The molecule has 1 heterocycles. The van der Waals surface area contributed by atoms with Crippen molar-refractivity contribution in [1.82, 2.24) is 9.97 Å². The fourth-order valence-corrected chi connectivity index (χ4v) is 1.51. The van der Waals surface area contributed by atoms with Crippen LogP contribution in [0.3, 0.4) is 0 Å². The van der Waals surface area contributed by atoms with Gasteiger partial charge in [-0.05, 0) is 6.07 Å². The average Bonchev–Trinajstić information content (AvgIpc) is 2.46. The van der Waals surface area contributed by atoms with E-state index in [2.05, 4.69) is 15.3 Å². The molecule has 1 aromatic carbocycles. The quantitative estimate of drug-likeness (QED) is 0.671. The zero-order valence-electron chi connectivity index (χ0n) is 10.3. The van der Waals surface area contributed by atoms with Gasteiger partial charge in [-0.3, -0.25) is 4.90 Å². The van der Waals surface area contributed by atoms with Crippen molar-refractivity contribution in [2.45, 2.75) is 6.54 Å². The molecule has 19 heavy (non-hydrogen) atoms. The van der Waals surface area contributed by atoms with Gasteiger partial charge in [0.15, 0.2) is 6.19 Å². The van der Waals surface area contributed by atoms with Gasteiger partial charge in [-0.2, -0.15) is 5.26 Å². The predicted molar refractivity (Wildman–Crippen MR) is 69.8 cm³/mol. The first-order chi connectivity index (χ1) is 9.20. The molecule has 0 unspecified atom stereocenters. The van der Waals surface area contributed by atoms with Gasteiger partial charge in [-0.1, -0.05) is 18.2 Å². The van der Waals surface area contributed by atoms with Crippen LogP contribution in [0.15, 0.2) is 36.7 Å². The Morgan fingerprint density at radius 2 is 2.16 bits per heavy atom. The van der Waals surface area contributed by atoms with Crippen LogP contribution in [0.1, 0.15) is 5.56 Å². The molecule has 0 aliphatic heterocycles. The van der Waals surface area contributed by atoms with Crippen LogP contribution < -0.4 is 10.2 Å². The largest absolute Gasteiger partial charge is 0.366 e. The number of hydrogen-bond acceptors (Lipinski definition) is 5. The fraction of sp³-hybridized carbons (Fsp3) is 0.154. The van der Waals surface area contributed by atoms with Gasteiger partial charge in [0.05, 0.1) is 0 Å². The Kier molecular flexibility index (Phi) is 3.88. The Balaban J connectivity index is 2.08. The summed E-state index contributed by atoms with van der Waals surface area (Å²) in [5.41, 5.74) is 0.552. The summed E-state index contributed by atoms with van der Waals surface area (Å²) in [5, 5.41) is 11.8. The summed E-state index contributed by atoms with van der Waals surface area (Å²) in [6.07, 6.45) is 3.30. The minimum Gasteiger partial charge on any atom is -0.366 e. The van der Waals surface area contributed by atoms with Crippen LogP contribution in [-0.4, -0.2) is 17.0 Å². The number of nitriles is 1. The Hall–Kier alpha value is -2.68. The summed E-state index contributed by atoms with van der Waals surface area (Å²) < 4.78 is 13.4. The standard InChI is InChI=1S/C13H12FN5/c1-19(8-15)13-6-12(17-9-18-13)16-7-10-4-2-3-5-11(10)14/h2-6,9H,7H2,1H3,(H,16,17,18). The van der Waals surface area contributed by atoms with Gasteiger partial charge in [-0.15, -0.1) is 0 Å². The molecule has 0 aliphatic rings. The van der Waals surface area contributed by atoms with Gasteiger partial charge in [0.1, 0.15) is 23.8 Å². The van der Waals surface area contributed by atoms with Crippen molar-refractivity contribution in [2.75, 3.05) is 17.3 Å². The normalized spacial score (nSPS) is 9.74. The molecule has 1 aromatic heterocycles. The molecule has 1 N–H and O–H groups in total. The summed E-state index contributed by atoms with van der Waals surface area (Å²) in [6.45, 7) is 0.319. The van der Waals surface area contributed by atoms with Gasteiger partial charge >= 0.3 is 0 Å². The van der Waals surface area contributed by atoms with Crippen molar-refractivity contribution in [1.29, 1.82) is 5.26 Å². The number of nitrogens with one attached hydrogen (secondary N) is 1. The van der Waals surface area contributed by atoms with Crippen LogP contribution in [0.25, 0.3) is 0 Å². The average molecular weight is 257 g/mol. The number of anilines is 2. The van der Waals surface area contributed by atoms with E-state index in [0.29, 0.717) is 23.7 Å². The van der Waals surface area contributed by atoms with Crippen LogP contribution in [0.5, 0.6) is 0 Å². The summed E-state index contributed by atoms with van der Waals surface area (Å²) >= 11 is 0. The number of halogens is 1. The van der Waals surface area contributed by atoms with E-state index < -0.39 is 0 Å². The van der Waals surface area contributed by atoms with E-state index in [1.807, 2.05) is 6.19 Å². The van der Waals surface area contributed by atoms with Crippen molar-refractivity contribution in [2.24, 2.45) is 0 Å². The highest BCUT2D eigenvalue weighted by Crippen LogP contribution is 2.14. The summed E-state index contributed by atoms with van der Waals surface area (Å²) in [5.74, 6) is 0.752. The van der Waals surface area contributed by atoms with Gasteiger partial charge in [0, 0.05) is 25.2 Å². The van der Waals surface area contributed by atoms with Crippen molar-refractivity contribution in [3.63, 3.8) is 0 Å². The maximum absolute atomic E-state index is 13.4. The molecular formula is C13H12FN5. The molecule has 96 valence electrons. The van der Waals surface area contributed by atoms with Gasteiger partial charge < -0.3 is 5.32 Å². The Morgan fingerprint density at radius 3 is 2.89 bits per heavy atom. The lowest BCUT2D eigenvalue weighted by Gasteiger charge is -2.10. The number of rotatable bonds is 4. The zero-order valence-corrected chi connectivity index (χ0v) is 10.3. The minimum absolute atomic E-state index is 0.265. The molecule has 0 saturated heterocycles. The SMILES string of the molecule is CN(C#N)c1cc(NCc2ccccc2F)ncn1. The van der Waals surface area contributed by atoms with Crippen molar-refractivity contribution >= 4 is 11.6 Å². The monoisotopic (exact) mass is 257 g/mol. The van der Waals surface area contributed by atoms with Crippen molar-refractivity contribution in [3.05, 3.63) is 48.0 Å². The lowest BCUT2D eigenvalue weighted by atomic mass is 10.2. The highest BCUT2D eigenvalue weighted by molar-refractivity contribution is 5.50. The van der Waals surface area contributed by atoms with E-state index in [9.17, 15) is 4.39 Å². The molecule has 2 rings (SSSR count). The summed E-state index contributed by atoms with van der Waals surface area (Å²) in [4.78, 5) is 9.30. The third-order valence-electron chi connectivity index (χ3n) is 2.56. The molecule has 0 saturated carbocycles. The second kappa shape index (κ2) is 5.78. The number of hydrogen-bond donors (Lipinski definition) is 1. The van der Waals surface area contributed by atoms with Crippen LogP contribution in [0, 0.1) is 17.3 Å². The highest BCUT2D eigenvalue weighted by atomic mass is 19.1. The predicted octanol–water partition coefficient (Wildman–Crippen LogP) is 2.15. The molecule has 0 spiro atoms. The third kappa shape index (κ3) is 3.16. The first kappa shape index (κ1) is 12.8. The van der Waals surface area contributed by atoms with E-state index in [1.165, 1.54) is 17.3 Å². The Morgan fingerprint density at radius 1 is 1.37 bits per heavy atom. The van der Waals surface area contributed by atoms with E-state index in [-0.39, 0.29) is 5.82 Å². The molecule has 0 bridgehead atoms. The smallest absolute Gasteiger partial charge is 0.185 e. The molecule has 2 aromatic rings. The minimum atomic E-state index is -0.265. The highest BCUT2D eigenvalue weighted by Gasteiger charge is 2.04. The number of benzene rings is 1. The summed E-state index contributed by atoms with van der Waals surface area (Å²) in [7, 11) is 1.60. The first-order valence-electron chi connectivity index (χ1n) is 5.63. The summed E-state index contributed by atoms with van der Waals surface area (Å²) in [6, 6.07) is 8.15. The van der Waals surface area contributed by atoms with Gasteiger partial charge in [0.2, 0.25) is 0 Å². The van der Waals surface area contributed by atoms with Crippen molar-refractivity contribution in [3.8, 4) is 6.19 Å². The second-order valence-corrected chi connectivity index (χ2v) is 3.87.